The summed E-state index contributed by atoms with van der Waals surface area (Å²) in [7, 11) is 0. The molecule has 0 aliphatic carbocycles. The minimum absolute atomic E-state index is 0.0671. The number of nitrogens with one attached hydrogen (secondary N) is 1. The van der Waals surface area contributed by atoms with Crippen molar-refractivity contribution in [2.24, 2.45) is 0 Å². The second kappa shape index (κ2) is 40.3. The molecule has 0 aromatic rings. The highest BCUT2D eigenvalue weighted by Gasteiger charge is 2.17. The van der Waals surface area contributed by atoms with Crippen molar-refractivity contribution in [2.75, 3.05) is 6.61 Å². The summed E-state index contributed by atoms with van der Waals surface area (Å²) < 4.78 is 0. The molecule has 0 saturated heterocycles. The second-order valence-electron chi connectivity index (χ2n) is 14.8. The van der Waals surface area contributed by atoms with E-state index in [2.05, 4.69) is 31.3 Å². The summed E-state index contributed by atoms with van der Waals surface area (Å²) >= 11 is 0. The largest absolute Gasteiger partial charge is 0.394 e. The molecule has 0 rings (SSSR count). The number of hydrogen-bond donors (Lipinski definition) is 3. The number of amides is 1. The van der Waals surface area contributed by atoms with E-state index in [1.807, 2.05) is 6.08 Å². The number of unbranched alkanes of at least 4 members (excludes halogenated alkanes) is 30. The first kappa shape index (κ1) is 46.9. The predicted octanol–water partition coefficient (Wildman–Crippen LogP) is 13.2. The zero-order valence-corrected chi connectivity index (χ0v) is 32.5. The number of rotatable bonds is 39. The Balaban J connectivity index is 3.56. The molecule has 4 heteroatoms. The van der Waals surface area contributed by atoms with Crippen molar-refractivity contribution < 1.29 is 15.0 Å². The Morgan fingerprint density at radius 2 is 0.792 bits per heavy atom. The molecule has 0 bridgehead atoms. The Bertz CT molecular complexity index is 691. The first-order valence-electron chi connectivity index (χ1n) is 21.6. The van der Waals surface area contributed by atoms with Crippen molar-refractivity contribution in [3.63, 3.8) is 0 Å². The topological polar surface area (TPSA) is 69.6 Å². The normalized spacial score (nSPS) is 13.2. The van der Waals surface area contributed by atoms with Gasteiger partial charge in [-0.15, -0.1) is 0 Å². The van der Waals surface area contributed by atoms with Crippen LogP contribution >= 0.6 is 0 Å². The third-order valence-corrected chi connectivity index (χ3v) is 9.93. The van der Waals surface area contributed by atoms with E-state index in [4.69, 9.17) is 0 Å². The minimum atomic E-state index is -0.838. The van der Waals surface area contributed by atoms with Gasteiger partial charge in [0.15, 0.2) is 0 Å². The summed E-state index contributed by atoms with van der Waals surface area (Å²) in [6, 6.07) is -0.621. The Morgan fingerprint density at radius 1 is 0.479 bits per heavy atom. The van der Waals surface area contributed by atoms with Crippen molar-refractivity contribution in [1.29, 1.82) is 0 Å². The highest BCUT2D eigenvalue weighted by Crippen LogP contribution is 2.15. The van der Waals surface area contributed by atoms with Crippen LogP contribution < -0.4 is 5.32 Å². The van der Waals surface area contributed by atoms with Crippen LogP contribution in [0.25, 0.3) is 0 Å². The summed E-state index contributed by atoms with van der Waals surface area (Å²) in [4.78, 5) is 12.4. The SMILES string of the molecule is CCCCCCCCCCCC/C=C\CCCCCCCCCC(=O)NC(CO)C(O)/C=C/CCCCCCCCCCCCCCC. The van der Waals surface area contributed by atoms with Crippen LogP contribution in [0.3, 0.4) is 0 Å². The van der Waals surface area contributed by atoms with E-state index in [1.165, 1.54) is 186 Å². The van der Waals surface area contributed by atoms with Crippen LogP contribution in [-0.2, 0) is 4.79 Å². The van der Waals surface area contributed by atoms with Crippen LogP contribution in [0.4, 0.5) is 0 Å². The summed E-state index contributed by atoms with van der Waals surface area (Å²) in [6.07, 6.45) is 51.4. The van der Waals surface area contributed by atoms with E-state index in [9.17, 15) is 15.0 Å². The maximum absolute atomic E-state index is 12.4. The van der Waals surface area contributed by atoms with Gasteiger partial charge in [-0.3, -0.25) is 4.79 Å². The highest BCUT2D eigenvalue weighted by atomic mass is 16.3. The lowest BCUT2D eigenvalue weighted by molar-refractivity contribution is -0.123. The van der Waals surface area contributed by atoms with Crippen LogP contribution in [0.1, 0.15) is 232 Å². The Kier molecular flexibility index (Phi) is 39.4. The average Bonchev–Trinajstić information content (AvgIpc) is 3.09. The molecule has 0 aliphatic heterocycles. The molecule has 0 spiro atoms. The molecule has 0 radical (unpaired) electrons. The van der Waals surface area contributed by atoms with Crippen LogP contribution in [0.15, 0.2) is 24.3 Å². The van der Waals surface area contributed by atoms with Gasteiger partial charge in [0.1, 0.15) is 0 Å². The summed E-state index contributed by atoms with van der Waals surface area (Å²) in [5, 5.41) is 23.0. The molecule has 0 fully saturated rings. The number of aliphatic hydroxyl groups excluding tert-OH is 2. The molecule has 0 aromatic carbocycles. The molecule has 0 saturated carbocycles. The van der Waals surface area contributed by atoms with E-state index in [0.29, 0.717) is 6.42 Å². The predicted molar refractivity (Wildman–Crippen MR) is 212 cm³/mol. The van der Waals surface area contributed by atoms with Crippen LogP contribution in [-0.4, -0.2) is 34.9 Å². The van der Waals surface area contributed by atoms with Gasteiger partial charge in [-0.05, 0) is 44.9 Å². The van der Waals surface area contributed by atoms with Gasteiger partial charge in [0.25, 0.3) is 0 Å². The van der Waals surface area contributed by atoms with Gasteiger partial charge in [-0.2, -0.15) is 0 Å². The fraction of sp³-hybridized carbons (Fsp3) is 0.886. The molecule has 2 atom stereocenters. The number of carbonyl (C=O) groups is 1. The molecule has 2 unspecified atom stereocenters. The van der Waals surface area contributed by atoms with Crippen LogP contribution in [0, 0.1) is 0 Å². The van der Waals surface area contributed by atoms with Gasteiger partial charge in [-0.25, -0.2) is 0 Å². The molecular weight excluding hydrogens is 590 g/mol. The van der Waals surface area contributed by atoms with Crippen molar-refractivity contribution in [2.45, 2.75) is 244 Å². The molecule has 0 aromatic heterocycles. The van der Waals surface area contributed by atoms with Gasteiger partial charge >= 0.3 is 0 Å². The minimum Gasteiger partial charge on any atom is -0.394 e. The number of carbonyl (C=O) groups excluding carboxylic acids is 1. The van der Waals surface area contributed by atoms with Gasteiger partial charge in [-0.1, -0.05) is 205 Å². The van der Waals surface area contributed by atoms with Crippen LogP contribution in [0.5, 0.6) is 0 Å². The molecular formula is C44H85NO3. The van der Waals surface area contributed by atoms with Gasteiger partial charge < -0.3 is 15.5 Å². The standard InChI is InChI=1S/C44H85NO3/c1-3-5-7-9-11-13-15-17-19-20-21-22-23-24-26-28-30-32-34-36-38-40-44(48)45-42(41-46)43(47)39-37-35-33-31-29-27-25-18-16-14-12-10-8-6-4-2/h22-23,37,39,42-43,46-47H,3-21,24-36,38,40-41H2,1-2H3,(H,45,48)/b23-22-,39-37+. The maximum atomic E-state index is 12.4. The van der Waals surface area contributed by atoms with E-state index in [0.717, 1.165) is 25.7 Å². The highest BCUT2D eigenvalue weighted by molar-refractivity contribution is 5.76. The van der Waals surface area contributed by atoms with E-state index >= 15 is 0 Å². The van der Waals surface area contributed by atoms with Gasteiger partial charge in [0.05, 0.1) is 18.8 Å². The average molecular weight is 676 g/mol. The molecule has 4 nitrogen and oxygen atoms in total. The molecule has 48 heavy (non-hydrogen) atoms. The van der Waals surface area contributed by atoms with Crippen molar-refractivity contribution in [3.8, 4) is 0 Å². The second-order valence-corrected chi connectivity index (χ2v) is 14.8. The Morgan fingerprint density at radius 3 is 1.15 bits per heavy atom. The summed E-state index contributed by atoms with van der Waals surface area (Å²) in [5.41, 5.74) is 0. The first-order valence-corrected chi connectivity index (χ1v) is 21.6. The van der Waals surface area contributed by atoms with Crippen LogP contribution in [0.2, 0.25) is 0 Å². The fourth-order valence-electron chi connectivity index (χ4n) is 6.58. The molecule has 284 valence electrons. The number of aliphatic hydroxyl groups is 2. The maximum Gasteiger partial charge on any atom is 0.220 e. The lowest BCUT2D eigenvalue weighted by atomic mass is 10.0. The molecule has 0 heterocycles. The number of hydrogen-bond acceptors (Lipinski definition) is 3. The van der Waals surface area contributed by atoms with E-state index in [-0.39, 0.29) is 12.5 Å². The van der Waals surface area contributed by atoms with Gasteiger partial charge in [0.2, 0.25) is 5.91 Å². The lowest BCUT2D eigenvalue weighted by Crippen LogP contribution is -2.45. The zero-order chi connectivity index (χ0) is 35.0. The van der Waals surface area contributed by atoms with E-state index < -0.39 is 12.1 Å². The number of allylic oxidation sites excluding steroid dienone is 3. The fourth-order valence-corrected chi connectivity index (χ4v) is 6.58. The molecule has 3 N–H and O–H groups in total. The smallest absolute Gasteiger partial charge is 0.220 e. The van der Waals surface area contributed by atoms with E-state index in [1.54, 1.807) is 6.08 Å². The third kappa shape index (κ3) is 36.2. The quantitative estimate of drug-likeness (QED) is 0.0448. The monoisotopic (exact) mass is 676 g/mol. The third-order valence-electron chi connectivity index (χ3n) is 9.93. The van der Waals surface area contributed by atoms with Crippen molar-refractivity contribution in [3.05, 3.63) is 24.3 Å². The first-order chi connectivity index (χ1) is 23.7. The summed E-state index contributed by atoms with van der Waals surface area (Å²) in [5.74, 6) is -0.0671. The zero-order valence-electron chi connectivity index (χ0n) is 32.5. The van der Waals surface area contributed by atoms with Crippen molar-refractivity contribution in [1.82, 2.24) is 5.32 Å². The molecule has 0 aliphatic rings. The lowest BCUT2D eigenvalue weighted by Gasteiger charge is -2.20. The van der Waals surface area contributed by atoms with Crippen molar-refractivity contribution >= 4 is 5.91 Å². The van der Waals surface area contributed by atoms with Gasteiger partial charge in [0, 0.05) is 6.42 Å². The Hall–Kier alpha value is -1.13. The molecule has 1 amide bonds. The Labute approximate surface area is 300 Å². The summed E-state index contributed by atoms with van der Waals surface area (Å²) in [6.45, 7) is 4.31.